The van der Waals surface area contributed by atoms with Crippen LogP contribution in [0, 0.1) is 0 Å². The lowest BCUT2D eigenvalue weighted by Gasteiger charge is -2.29. The molecule has 130 valence electrons. The Labute approximate surface area is 157 Å². The summed E-state index contributed by atoms with van der Waals surface area (Å²) < 4.78 is 0. The van der Waals surface area contributed by atoms with Crippen LogP contribution >= 0.6 is 11.6 Å². The lowest BCUT2D eigenvalue weighted by Crippen LogP contribution is -2.35. The summed E-state index contributed by atoms with van der Waals surface area (Å²) in [5, 5.41) is 3.84. The fourth-order valence-corrected chi connectivity index (χ4v) is 3.40. The van der Waals surface area contributed by atoms with Crippen molar-refractivity contribution in [2.24, 2.45) is 0 Å². The average Bonchev–Trinajstić information content (AvgIpc) is 2.68. The summed E-state index contributed by atoms with van der Waals surface area (Å²) in [6.07, 6.45) is 3.61. The van der Waals surface area contributed by atoms with E-state index in [0.29, 0.717) is 16.4 Å². The number of halogens is 1. The van der Waals surface area contributed by atoms with Gasteiger partial charge in [0.05, 0.1) is 5.56 Å². The topological polar surface area (TPSA) is 45.2 Å². The molecule has 0 radical (unpaired) electrons. The van der Waals surface area contributed by atoms with Crippen molar-refractivity contribution in [3.63, 3.8) is 0 Å². The number of nitrogens with one attached hydrogen (secondary N) is 1. The van der Waals surface area contributed by atoms with Crippen LogP contribution in [0.15, 0.2) is 66.9 Å². The molecule has 4 nitrogen and oxygen atoms in total. The van der Waals surface area contributed by atoms with Gasteiger partial charge >= 0.3 is 0 Å². The number of amides is 1. The van der Waals surface area contributed by atoms with Gasteiger partial charge in [0.1, 0.15) is 5.82 Å². The first-order valence-electron chi connectivity index (χ1n) is 8.59. The molecule has 0 aliphatic carbocycles. The van der Waals surface area contributed by atoms with E-state index in [9.17, 15) is 4.79 Å². The summed E-state index contributed by atoms with van der Waals surface area (Å²) in [5.74, 6) is 0.654. The van der Waals surface area contributed by atoms with Gasteiger partial charge in [-0.15, -0.1) is 0 Å². The molecule has 1 N–H and O–H groups in total. The zero-order valence-electron chi connectivity index (χ0n) is 14.2. The van der Waals surface area contributed by atoms with Gasteiger partial charge in [0, 0.05) is 29.1 Å². The number of anilines is 3. The molecule has 0 spiro atoms. The Morgan fingerprint density at radius 1 is 1.08 bits per heavy atom. The van der Waals surface area contributed by atoms with Crippen LogP contribution in [0.25, 0.3) is 0 Å². The van der Waals surface area contributed by atoms with Crippen molar-refractivity contribution >= 4 is 34.7 Å². The van der Waals surface area contributed by atoms with Gasteiger partial charge in [-0.2, -0.15) is 0 Å². The average molecular weight is 364 g/mol. The van der Waals surface area contributed by atoms with Gasteiger partial charge in [0.15, 0.2) is 0 Å². The van der Waals surface area contributed by atoms with Gasteiger partial charge < -0.3 is 10.2 Å². The number of fused-ring (bicyclic) bond motifs is 1. The molecule has 0 saturated carbocycles. The Morgan fingerprint density at radius 2 is 1.96 bits per heavy atom. The van der Waals surface area contributed by atoms with Crippen LogP contribution in [0.1, 0.15) is 22.3 Å². The minimum Gasteiger partial charge on any atom is -0.340 e. The van der Waals surface area contributed by atoms with Crippen molar-refractivity contribution in [2.75, 3.05) is 16.8 Å². The van der Waals surface area contributed by atoms with Crippen LogP contribution in [-0.4, -0.2) is 17.4 Å². The van der Waals surface area contributed by atoms with Gasteiger partial charge in [-0.3, -0.25) is 4.79 Å². The first-order valence-corrected chi connectivity index (χ1v) is 8.97. The first-order chi connectivity index (χ1) is 12.7. The predicted molar refractivity (Wildman–Crippen MR) is 105 cm³/mol. The smallest absolute Gasteiger partial charge is 0.259 e. The molecule has 0 atom stereocenters. The number of benzene rings is 2. The normalized spacial score (nSPS) is 13.2. The van der Waals surface area contributed by atoms with Crippen LogP contribution in [-0.2, 0) is 6.42 Å². The SMILES string of the molecule is O=C(c1ccc(Nc2cccc(Cl)c2)nc1)N1CCCc2ccccc21. The van der Waals surface area contributed by atoms with E-state index in [1.165, 1.54) is 5.56 Å². The lowest BCUT2D eigenvalue weighted by molar-refractivity contribution is 0.0985. The Bertz CT molecular complexity index is 940. The van der Waals surface area contributed by atoms with E-state index >= 15 is 0 Å². The fraction of sp³-hybridized carbons (Fsp3) is 0.143. The Balaban J connectivity index is 1.53. The zero-order chi connectivity index (χ0) is 17.9. The number of aromatic nitrogens is 1. The second-order valence-corrected chi connectivity index (χ2v) is 6.69. The van der Waals surface area contributed by atoms with E-state index in [4.69, 9.17) is 11.6 Å². The summed E-state index contributed by atoms with van der Waals surface area (Å²) >= 11 is 5.99. The van der Waals surface area contributed by atoms with Crippen molar-refractivity contribution in [1.29, 1.82) is 0 Å². The molecule has 0 saturated heterocycles. The third-order valence-corrected chi connectivity index (χ3v) is 4.70. The summed E-state index contributed by atoms with van der Waals surface area (Å²) in [5.41, 5.74) is 3.66. The summed E-state index contributed by atoms with van der Waals surface area (Å²) in [7, 11) is 0. The van der Waals surface area contributed by atoms with E-state index in [1.807, 2.05) is 53.4 Å². The highest BCUT2D eigenvalue weighted by Crippen LogP contribution is 2.28. The van der Waals surface area contributed by atoms with Gasteiger partial charge in [-0.25, -0.2) is 4.98 Å². The van der Waals surface area contributed by atoms with Crippen molar-refractivity contribution in [3.8, 4) is 0 Å². The van der Waals surface area contributed by atoms with Crippen LogP contribution < -0.4 is 10.2 Å². The van der Waals surface area contributed by atoms with E-state index in [2.05, 4.69) is 16.4 Å². The quantitative estimate of drug-likeness (QED) is 0.706. The number of carbonyl (C=O) groups excluding carboxylic acids is 1. The molecule has 3 aromatic rings. The Kier molecular flexibility index (Phi) is 4.59. The number of nitrogens with zero attached hydrogens (tertiary/aromatic N) is 2. The number of aryl methyl sites for hydroxylation is 1. The van der Waals surface area contributed by atoms with Crippen molar-refractivity contribution in [2.45, 2.75) is 12.8 Å². The minimum atomic E-state index is -0.0149. The number of hydrogen-bond acceptors (Lipinski definition) is 3. The van der Waals surface area contributed by atoms with Crippen LogP contribution in [0.2, 0.25) is 5.02 Å². The molecule has 26 heavy (non-hydrogen) atoms. The van der Waals surface area contributed by atoms with Crippen LogP contribution in [0.4, 0.5) is 17.2 Å². The summed E-state index contributed by atoms with van der Waals surface area (Å²) in [6.45, 7) is 0.734. The van der Waals surface area contributed by atoms with Gasteiger partial charge in [-0.1, -0.05) is 35.9 Å². The second kappa shape index (κ2) is 7.18. The van der Waals surface area contributed by atoms with E-state index in [0.717, 1.165) is 30.8 Å². The maximum absolute atomic E-state index is 12.9. The molecular formula is C21H18ClN3O. The highest BCUT2D eigenvalue weighted by atomic mass is 35.5. The molecule has 0 unspecified atom stereocenters. The molecule has 4 rings (SSSR count). The number of rotatable bonds is 3. The third kappa shape index (κ3) is 3.41. The fourth-order valence-electron chi connectivity index (χ4n) is 3.21. The Morgan fingerprint density at radius 3 is 2.77 bits per heavy atom. The Hall–Kier alpha value is -2.85. The van der Waals surface area contributed by atoms with Crippen LogP contribution in [0.3, 0.4) is 0 Å². The molecule has 1 aliphatic heterocycles. The van der Waals surface area contributed by atoms with E-state index < -0.39 is 0 Å². The minimum absolute atomic E-state index is 0.0149. The number of pyridine rings is 1. The van der Waals surface area contributed by atoms with E-state index in [-0.39, 0.29) is 5.91 Å². The molecule has 1 aliphatic rings. The molecule has 5 heteroatoms. The highest BCUT2D eigenvalue weighted by molar-refractivity contribution is 6.30. The molecule has 2 aromatic carbocycles. The summed E-state index contributed by atoms with van der Waals surface area (Å²) in [4.78, 5) is 19.1. The monoisotopic (exact) mass is 363 g/mol. The first kappa shape index (κ1) is 16.6. The maximum atomic E-state index is 12.9. The van der Waals surface area contributed by atoms with Gasteiger partial charge in [0.2, 0.25) is 0 Å². The molecule has 0 bridgehead atoms. The number of hydrogen-bond donors (Lipinski definition) is 1. The van der Waals surface area contributed by atoms with Gasteiger partial charge in [0.25, 0.3) is 5.91 Å². The summed E-state index contributed by atoms with van der Waals surface area (Å²) in [6, 6.07) is 19.1. The molecule has 1 amide bonds. The van der Waals surface area contributed by atoms with E-state index in [1.54, 1.807) is 12.3 Å². The highest BCUT2D eigenvalue weighted by Gasteiger charge is 2.23. The van der Waals surface area contributed by atoms with Crippen molar-refractivity contribution < 1.29 is 4.79 Å². The van der Waals surface area contributed by atoms with Gasteiger partial charge in [-0.05, 0) is 54.8 Å². The predicted octanol–water partition coefficient (Wildman–Crippen LogP) is 5.07. The molecular weight excluding hydrogens is 346 g/mol. The maximum Gasteiger partial charge on any atom is 0.259 e. The van der Waals surface area contributed by atoms with Crippen molar-refractivity contribution in [1.82, 2.24) is 4.98 Å². The molecule has 1 aromatic heterocycles. The second-order valence-electron chi connectivity index (χ2n) is 6.26. The number of para-hydroxylation sites is 1. The molecule has 2 heterocycles. The lowest BCUT2D eigenvalue weighted by atomic mass is 10.0. The van der Waals surface area contributed by atoms with Crippen molar-refractivity contribution in [3.05, 3.63) is 83.0 Å². The largest absolute Gasteiger partial charge is 0.340 e. The number of carbonyl (C=O) groups is 1. The zero-order valence-corrected chi connectivity index (χ0v) is 14.9. The van der Waals surface area contributed by atoms with Crippen LogP contribution in [0.5, 0.6) is 0 Å². The third-order valence-electron chi connectivity index (χ3n) is 4.46. The standard InChI is InChI=1S/C21H18ClN3O/c22-17-7-3-8-18(13-17)24-20-11-10-16(14-23-20)21(26)25-12-4-6-15-5-1-2-9-19(15)25/h1-3,5,7-11,13-14H,4,6,12H2,(H,23,24). The molecule has 0 fully saturated rings.